The maximum absolute atomic E-state index is 12.7. The third kappa shape index (κ3) is 8.58. The minimum absolute atomic E-state index is 0. The largest absolute Gasteiger partial charge is 2.00 e. The molecule has 35 heavy (non-hydrogen) atoms. The first kappa shape index (κ1) is 28.7. The number of benzene rings is 2. The minimum Gasteiger partial charge on any atom is -0.870 e. The van der Waals surface area contributed by atoms with Crippen molar-refractivity contribution in [2.75, 3.05) is 13.2 Å². The smallest absolute Gasteiger partial charge is 0.870 e. The van der Waals surface area contributed by atoms with Gasteiger partial charge >= 0.3 is 16.8 Å². The molecule has 3 rings (SSSR count). The Morgan fingerprint density at radius 2 is 1.17 bits per heavy atom. The molecule has 191 valence electrons. The van der Waals surface area contributed by atoms with E-state index in [9.17, 15) is 10.2 Å². The average molecular weight is 524 g/mol. The molecule has 0 saturated heterocycles. The fourth-order valence-corrected chi connectivity index (χ4v) is 3.80. The number of para-hydroxylation sites is 2. The molecule has 7 heteroatoms. The fraction of sp³-hybridized carbons (Fsp3) is 0.500. The Kier molecular flexibility index (Phi) is 11.6. The molecular formula is C28H36CoN2O4. The van der Waals surface area contributed by atoms with Crippen LogP contribution >= 0.6 is 0 Å². The number of hydrogen-bond acceptors (Lipinski definition) is 6. The third-order valence-electron chi connectivity index (χ3n) is 5.67. The van der Waals surface area contributed by atoms with Crippen molar-refractivity contribution in [3.8, 4) is 23.0 Å². The first-order valence-electron chi connectivity index (χ1n) is 12.3. The van der Waals surface area contributed by atoms with Crippen molar-refractivity contribution in [1.82, 2.24) is 0 Å². The van der Waals surface area contributed by atoms with Crippen LogP contribution in [-0.4, -0.2) is 37.7 Å². The first-order chi connectivity index (χ1) is 16.3. The van der Waals surface area contributed by atoms with Gasteiger partial charge in [0.2, 0.25) is 0 Å². The van der Waals surface area contributed by atoms with Crippen molar-refractivity contribution in [2.45, 2.75) is 65.5 Å². The molecule has 0 amide bonds. The van der Waals surface area contributed by atoms with E-state index in [0.29, 0.717) is 47.7 Å². The molecule has 1 aliphatic rings. The summed E-state index contributed by atoms with van der Waals surface area (Å²) in [5.41, 5.74) is 1.04. The van der Waals surface area contributed by atoms with Crippen molar-refractivity contribution in [1.29, 1.82) is 0 Å². The van der Waals surface area contributed by atoms with E-state index < -0.39 is 0 Å². The van der Waals surface area contributed by atoms with E-state index in [1.165, 1.54) is 0 Å². The average Bonchev–Trinajstić information content (AvgIpc) is 2.81. The molecule has 2 aromatic rings. The number of rotatable bonds is 10. The van der Waals surface area contributed by atoms with Gasteiger partial charge in [-0.3, -0.25) is 9.98 Å². The van der Waals surface area contributed by atoms with E-state index in [1.807, 2.05) is 39.8 Å². The van der Waals surface area contributed by atoms with Crippen LogP contribution in [-0.2, 0) is 16.8 Å². The van der Waals surface area contributed by atoms with Crippen LogP contribution in [0.5, 0.6) is 23.0 Å². The number of aliphatic imine (C=N–C) groups is 2. The van der Waals surface area contributed by atoms with Crippen LogP contribution in [0.1, 0.15) is 64.5 Å². The number of hydrogen-bond donors (Lipinski definition) is 0. The quantitative estimate of drug-likeness (QED) is 0.421. The number of ether oxygens (including phenoxy) is 2. The van der Waals surface area contributed by atoms with Crippen LogP contribution in [0.25, 0.3) is 0 Å². The molecule has 2 aromatic carbocycles. The molecule has 0 aliphatic heterocycles. The van der Waals surface area contributed by atoms with Crippen LogP contribution in [0.15, 0.2) is 46.4 Å². The van der Waals surface area contributed by atoms with Crippen LogP contribution < -0.4 is 19.7 Å². The Labute approximate surface area is 219 Å². The topological polar surface area (TPSA) is 89.3 Å². The Balaban J connectivity index is 0.00000432. The molecular weight excluding hydrogens is 487 g/mol. The van der Waals surface area contributed by atoms with Gasteiger partial charge in [-0.2, -0.15) is 0 Å². The molecule has 1 fully saturated rings. The third-order valence-corrected chi connectivity index (χ3v) is 5.67. The van der Waals surface area contributed by atoms with Crippen LogP contribution in [0.4, 0.5) is 0 Å². The van der Waals surface area contributed by atoms with E-state index >= 15 is 0 Å². The Bertz CT molecular complexity index is 911. The summed E-state index contributed by atoms with van der Waals surface area (Å²) >= 11 is 0. The van der Waals surface area contributed by atoms with Gasteiger partial charge in [0.05, 0.1) is 25.3 Å². The van der Waals surface area contributed by atoms with Gasteiger partial charge in [0.15, 0.2) is 0 Å². The Hall–Kier alpha value is -2.51. The second-order valence-corrected chi connectivity index (χ2v) is 9.73. The normalized spacial score (nSPS) is 18.3. The molecule has 1 saturated carbocycles. The van der Waals surface area contributed by atoms with Gasteiger partial charge in [0, 0.05) is 12.4 Å². The van der Waals surface area contributed by atoms with E-state index in [-0.39, 0.29) is 40.4 Å². The Morgan fingerprint density at radius 1 is 0.771 bits per heavy atom. The van der Waals surface area contributed by atoms with Crippen molar-refractivity contribution < 1.29 is 36.5 Å². The van der Waals surface area contributed by atoms with Crippen LogP contribution in [0.3, 0.4) is 0 Å². The fourth-order valence-electron chi connectivity index (χ4n) is 3.80. The summed E-state index contributed by atoms with van der Waals surface area (Å²) in [6.45, 7) is 9.18. The van der Waals surface area contributed by atoms with Crippen LogP contribution in [0, 0.1) is 11.8 Å². The SMILES string of the molecule is CC(C)COc1cccc(C=N[C@H]2CCCC[C@@H]2N=Cc2cccc(OCC(C)C)c2[O-])c1[O-].[Co+2]. The summed E-state index contributed by atoms with van der Waals surface area (Å²) in [4.78, 5) is 9.47. The summed E-state index contributed by atoms with van der Waals surface area (Å²) in [5, 5.41) is 25.4. The monoisotopic (exact) mass is 523 g/mol. The zero-order valence-electron chi connectivity index (χ0n) is 21.0. The molecule has 0 aromatic heterocycles. The predicted octanol–water partition coefficient (Wildman–Crippen LogP) is 4.75. The van der Waals surface area contributed by atoms with Gasteiger partial charge in [-0.1, -0.05) is 76.3 Å². The van der Waals surface area contributed by atoms with E-state index in [1.54, 1.807) is 36.7 Å². The molecule has 6 nitrogen and oxygen atoms in total. The molecule has 1 aliphatic carbocycles. The van der Waals surface area contributed by atoms with Crippen molar-refractivity contribution in [3.63, 3.8) is 0 Å². The summed E-state index contributed by atoms with van der Waals surface area (Å²) in [6.07, 6.45) is 7.25. The molecule has 0 bridgehead atoms. The first-order valence-corrected chi connectivity index (χ1v) is 12.3. The summed E-state index contributed by atoms with van der Waals surface area (Å²) < 4.78 is 11.3. The zero-order chi connectivity index (χ0) is 24.5. The molecule has 1 radical (unpaired) electrons. The van der Waals surface area contributed by atoms with Gasteiger partial charge in [-0.05, 0) is 47.9 Å². The van der Waals surface area contributed by atoms with Crippen molar-refractivity contribution in [2.24, 2.45) is 21.8 Å². The van der Waals surface area contributed by atoms with E-state index in [0.717, 1.165) is 25.7 Å². The van der Waals surface area contributed by atoms with Crippen LogP contribution in [0.2, 0.25) is 0 Å². The molecule has 2 atom stereocenters. The van der Waals surface area contributed by atoms with Gasteiger partial charge < -0.3 is 19.7 Å². The van der Waals surface area contributed by atoms with Crippen molar-refractivity contribution >= 4 is 12.4 Å². The standard InChI is InChI=1S/C28H38N2O4.Co/c1-19(2)17-33-25-13-7-9-21(27(25)31)15-29-23-11-5-6-12-24(23)30-16-22-10-8-14-26(28(22)32)34-18-20(3)4;/h7-10,13-16,19-20,23-24,31-32H,5-6,11-12,17-18H2,1-4H3;/q;+2/p-2/t23-,24-;/m0./s1. The maximum atomic E-state index is 12.7. The molecule has 0 heterocycles. The molecule has 0 spiro atoms. The van der Waals surface area contributed by atoms with Crippen molar-refractivity contribution in [3.05, 3.63) is 47.5 Å². The van der Waals surface area contributed by atoms with Gasteiger partial charge in [0.25, 0.3) is 0 Å². The zero-order valence-corrected chi connectivity index (χ0v) is 22.1. The van der Waals surface area contributed by atoms with E-state index in [2.05, 4.69) is 0 Å². The van der Waals surface area contributed by atoms with Gasteiger partial charge in [-0.15, -0.1) is 0 Å². The minimum atomic E-state index is -0.142. The second kappa shape index (κ2) is 14.1. The predicted molar refractivity (Wildman–Crippen MR) is 134 cm³/mol. The maximum Gasteiger partial charge on any atom is 2.00 e. The van der Waals surface area contributed by atoms with E-state index in [4.69, 9.17) is 19.5 Å². The Morgan fingerprint density at radius 3 is 1.54 bits per heavy atom. The second-order valence-electron chi connectivity index (χ2n) is 9.73. The summed E-state index contributed by atoms with van der Waals surface area (Å²) in [7, 11) is 0. The van der Waals surface area contributed by atoms with Gasteiger partial charge in [-0.25, -0.2) is 0 Å². The van der Waals surface area contributed by atoms with Gasteiger partial charge in [0.1, 0.15) is 11.5 Å². The number of nitrogens with zero attached hydrogens (tertiary/aromatic N) is 2. The molecule has 0 unspecified atom stereocenters. The molecule has 0 N–H and O–H groups in total. The summed E-state index contributed by atoms with van der Waals surface area (Å²) in [5.74, 6) is 1.12. The summed E-state index contributed by atoms with van der Waals surface area (Å²) in [6, 6.07) is 10.5.